The Morgan fingerprint density at radius 3 is 2.79 bits per heavy atom. The summed E-state index contributed by atoms with van der Waals surface area (Å²) < 4.78 is 5.72. The van der Waals surface area contributed by atoms with Crippen molar-refractivity contribution in [3.05, 3.63) is 29.8 Å². The van der Waals surface area contributed by atoms with Gasteiger partial charge in [-0.05, 0) is 61.9 Å². The Bertz CT molecular complexity index is 488. The highest BCUT2D eigenvalue weighted by atomic mass is 35.5. The van der Waals surface area contributed by atoms with Crippen molar-refractivity contribution < 1.29 is 9.53 Å². The Hall–Kier alpha value is -1.26. The molecular weight excluding hydrogens is 324 g/mol. The molecule has 0 bridgehead atoms. The van der Waals surface area contributed by atoms with Gasteiger partial charge in [0, 0.05) is 13.0 Å². The van der Waals surface area contributed by atoms with Crippen molar-refractivity contribution in [3.8, 4) is 5.75 Å². The predicted molar refractivity (Wildman–Crippen MR) is 101 cm³/mol. The highest BCUT2D eigenvalue weighted by Crippen LogP contribution is 2.18. The summed E-state index contributed by atoms with van der Waals surface area (Å²) in [7, 11) is 0. The second-order valence-electron chi connectivity index (χ2n) is 6.86. The van der Waals surface area contributed by atoms with E-state index in [9.17, 15) is 4.79 Å². The van der Waals surface area contributed by atoms with Crippen LogP contribution in [0.15, 0.2) is 24.3 Å². The highest BCUT2D eigenvalue weighted by molar-refractivity contribution is 5.85. The van der Waals surface area contributed by atoms with Gasteiger partial charge in [0.2, 0.25) is 5.91 Å². The van der Waals surface area contributed by atoms with Crippen LogP contribution in [0.2, 0.25) is 0 Å². The minimum absolute atomic E-state index is 0. The van der Waals surface area contributed by atoms with E-state index >= 15 is 0 Å². The third-order valence-corrected chi connectivity index (χ3v) is 4.21. The standard InChI is InChI=1S/C19H30N2O2.ClH/c1-15(2)14-23-18-5-3-4-17(12-18)13-21-19(22)7-6-16-8-10-20-11-9-16;/h3-5,12,15-16,20H,6-11,13-14H2,1-2H3,(H,21,22);1H. The molecule has 0 atom stereocenters. The maximum Gasteiger partial charge on any atom is 0.220 e. The molecule has 1 saturated heterocycles. The molecule has 1 aromatic carbocycles. The summed E-state index contributed by atoms with van der Waals surface area (Å²) in [5.41, 5.74) is 1.08. The fraction of sp³-hybridized carbons (Fsp3) is 0.632. The van der Waals surface area contributed by atoms with Gasteiger partial charge in [-0.2, -0.15) is 0 Å². The summed E-state index contributed by atoms with van der Waals surface area (Å²) in [6.45, 7) is 7.74. The normalized spacial score (nSPS) is 15.0. The number of amides is 1. The van der Waals surface area contributed by atoms with E-state index < -0.39 is 0 Å². The fourth-order valence-corrected chi connectivity index (χ4v) is 2.80. The SMILES string of the molecule is CC(C)COc1cccc(CNC(=O)CCC2CCNCC2)c1.Cl. The molecule has 1 aliphatic rings. The minimum Gasteiger partial charge on any atom is -0.493 e. The van der Waals surface area contributed by atoms with Gasteiger partial charge in [0.25, 0.3) is 0 Å². The van der Waals surface area contributed by atoms with Gasteiger partial charge in [0.15, 0.2) is 0 Å². The number of hydrogen-bond acceptors (Lipinski definition) is 3. The zero-order chi connectivity index (χ0) is 16.5. The molecular formula is C19H31ClN2O2. The number of halogens is 1. The first-order chi connectivity index (χ1) is 11.1. The third-order valence-electron chi connectivity index (χ3n) is 4.21. The van der Waals surface area contributed by atoms with E-state index in [-0.39, 0.29) is 18.3 Å². The molecule has 0 aromatic heterocycles. The maximum absolute atomic E-state index is 12.0. The fourth-order valence-electron chi connectivity index (χ4n) is 2.80. The van der Waals surface area contributed by atoms with Gasteiger partial charge in [-0.3, -0.25) is 4.79 Å². The third kappa shape index (κ3) is 8.02. The van der Waals surface area contributed by atoms with E-state index in [0.29, 0.717) is 31.4 Å². The largest absolute Gasteiger partial charge is 0.493 e. The molecule has 0 aliphatic carbocycles. The van der Waals surface area contributed by atoms with Gasteiger partial charge < -0.3 is 15.4 Å². The molecule has 4 nitrogen and oxygen atoms in total. The van der Waals surface area contributed by atoms with Crippen molar-refractivity contribution in [3.63, 3.8) is 0 Å². The molecule has 1 fully saturated rings. The predicted octanol–water partition coefficient (Wildman–Crippen LogP) is 3.54. The lowest BCUT2D eigenvalue weighted by molar-refractivity contribution is -0.121. The average molecular weight is 355 g/mol. The lowest BCUT2D eigenvalue weighted by atomic mass is 9.93. The number of carbonyl (C=O) groups excluding carboxylic acids is 1. The molecule has 1 amide bonds. The summed E-state index contributed by atoms with van der Waals surface area (Å²) in [5, 5.41) is 6.38. The number of hydrogen-bond donors (Lipinski definition) is 2. The van der Waals surface area contributed by atoms with Crippen LogP contribution >= 0.6 is 12.4 Å². The van der Waals surface area contributed by atoms with Crippen LogP contribution in [0.4, 0.5) is 0 Å². The van der Waals surface area contributed by atoms with Crippen molar-refractivity contribution in [1.82, 2.24) is 10.6 Å². The second kappa shape index (κ2) is 11.3. The molecule has 24 heavy (non-hydrogen) atoms. The summed E-state index contributed by atoms with van der Waals surface area (Å²) in [6, 6.07) is 7.97. The van der Waals surface area contributed by atoms with E-state index in [4.69, 9.17) is 4.74 Å². The van der Waals surface area contributed by atoms with Crippen molar-refractivity contribution in [2.24, 2.45) is 11.8 Å². The second-order valence-corrected chi connectivity index (χ2v) is 6.86. The number of rotatable bonds is 8. The summed E-state index contributed by atoms with van der Waals surface area (Å²) in [6.07, 6.45) is 4.03. The first-order valence-electron chi connectivity index (χ1n) is 8.82. The van der Waals surface area contributed by atoms with E-state index in [1.54, 1.807) is 0 Å². The number of ether oxygens (including phenoxy) is 1. The van der Waals surface area contributed by atoms with Crippen LogP contribution in [0.1, 0.15) is 45.1 Å². The van der Waals surface area contributed by atoms with Crippen molar-refractivity contribution in [2.45, 2.75) is 46.1 Å². The molecule has 2 N–H and O–H groups in total. The Morgan fingerprint density at radius 2 is 2.08 bits per heavy atom. The number of carbonyl (C=O) groups is 1. The summed E-state index contributed by atoms with van der Waals surface area (Å²) in [4.78, 5) is 12.0. The number of piperidine rings is 1. The summed E-state index contributed by atoms with van der Waals surface area (Å²) in [5.74, 6) is 2.24. The smallest absolute Gasteiger partial charge is 0.220 e. The molecule has 1 aromatic rings. The van der Waals surface area contributed by atoms with Crippen molar-refractivity contribution >= 4 is 18.3 Å². The zero-order valence-electron chi connectivity index (χ0n) is 14.8. The highest BCUT2D eigenvalue weighted by Gasteiger charge is 2.14. The van der Waals surface area contributed by atoms with E-state index in [0.717, 1.165) is 30.8 Å². The molecule has 5 heteroatoms. The van der Waals surface area contributed by atoms with Gasteiger partial charge >= 0.3 is 0 Å². The van der Waals surface area contributed by atoms with Gasteiger partial charge in [-0.25, -0.2) is 0 Å². The van der Waals surface area contributed by atoms with Crippen LogP contribution in [-0.2, 0) is 11.3 Å². The van der Waals surface area contributed by atoms with Gasteiger partial charge in [-0.15, -0.1) is 12.4 Å². The monoisotopic (exact) mass is 354 g/mol. The molecule has 1 heterocycles. The minimum atomic E-state index is 0. The van der Waals surface area contributed by atoms with Crippen LogP contribution < -0.4 is 15.4 Å². The molecule has 0 radical (unpaired) electrons. The van der Waals surface area contributed by atoms with Gasteiger partial charge in [-0.1, -0.05) is 26.0 Å². The van der Waals surface area contributed by atoms with Crippen LogP contribution in [0.3, 0.4) is 0 Å². The first kappa shape index (κ1) is 20.8. The Kier molecular flexibility index (Phi) is 9.80. The maximum atomic E-state index is 12.0. The first-order valence-corrected chi connectivity index (χ1v) is 8.82. The molecule has 0 spiro atoms. The van der Waals surface area contributed by atoms with Crippen molar-refractivity contribution in [1.29, 1.82) is 0 Å². The zero-order valence-corrected chi connectivity index (χ0v) is 15.7. The lowest BCUT2D eigenvalue weighted by Crippen LogP contribution is -2.29. The Labute approximate surface area is 152 Å². The summed E-state index contributed by atoms with van der Waals surface area (Å²) >= 11 is 0. The molecule has 1 aliphatic heterocycles. The quantitative estimate of drug-likeness (QED) is 0.750. The van der Waals surface area contributed by atoms with E-state index in [1.807, 2.05) is 24.3 Å². The van der Waals surface area contributed by atoms with E-state index in [2.05, 4.69) is 24.5 Å². The van der Waals surface area contributed by atoms with Crippen LogP contribution in [0.5, 0.6) is 5.75 Å². The molecule has 0 saturated carbocycles. The number of benzene rings is 1. The topological polar surface area (TPSA) is 50.4 Å². The molecule has 136 valence electrons. The average Bonchev–Trinajstić information content (AvgIpc) is 2.57. The number of nitrogens with one attached hydrogen (secondary N) is 2. The van der Waals surface area contributed by atoms with Crippen LogP contribution in [0, 0.1) is 11.8 Å². The van der Waals surface area contributed by atoms with Gasteiger partial charge in [0.1, 0.15) is 5.75 Å². The Balaban J connectivity index is 0.00000288. The molecule has 2 rings (SSSR count). The van der Waals surface area contributed by atoms with Gasteiger partial charge in [0.05, 0.1) is 6.61 Å². The van der Waals surface area contributed by atoms with Crippen molar-refractivity contribution in [2.75, 3.05) is 19.7 Å². The van der Waals surface area contributed by atoms with Crippen LogP contribution in [-0.4, -0.2) is 25.6 Å². The van der Waals surface area contributed by atoms with Crippen LogP contribution in [0.25, 0.3) is 0 Å². The van der Waals surface area contributed by atoms with E-state index in [1.165, 1.54) is 12.8 Å². The molecule has 0 unspecified atom stereocenters. The Morgan fingerprint density at radius 1 is 1.33 bits per heavy atom. The lowest BCUT2D eigenvalue weighted by Gasteiger charge is -2.22.